The summed E-state index contributed by atoms with van der Waals surface area (Å²) >= 11 is 5.92. The Morgan fingerprint density at radius 3 is 2.55 bits per heavy atom. The maximum absolute atomic E-state index is 5.92. The Bertz CT molecular complexity index is 461. The van der Waals surface area contributed by atoms with E-state index < -0.39 is 0 Å². The molecule has 0 saturated carbocycles. The zero-order valence-corrected chi connectivity index (χ0v) is 13.4. The number of aromatic nitrogens is 3. The fourth-order valence-electron chi connectivity index (χ4n) is 2.72. The number of nitrogens with zero attached hydrogens (tertiary/aromatic N) is 4. The highest BCUT2D eigenvalue weighted by atomic mass is 35.5. The SMILES string of the molecule is COc1nc(Cl)nc(N2CCCC(C(C)(C)C)CC2)n1. The second-order valence-corrected chi connectivity index (χ2v) is 6.71. The minimum Gasteiger partial charge on any atom is -0.467 e. The van der Waals surface area contributed by atoms with Crippen molar-refractivity contribution < 1.29 is 4.74 Å². The maximum Gasteiger partial charge on any atom is 0.322 e. The minimum atomic E-state index is 0.184. The molecule has 1 fully saturated rings. The number of ether oxygens (including phenoxy) is 1. The third-order valence-corrected chi connectivity index (χ3v) is 4.16. The van der Waals surface area contributed by atoms with E-state index in [0.717, 1.165) is 31.8 Å². The van der Waals surface area contributed by atoms with Gasteiger partial charge in [0.2, 0.25) is 11.2 Å². The molecule has 0 N–H and O–H groups in total. The Labute approximate surface area is 125 Å². The van der Waals surface area contributed by atoms with E-state index in [2.05, 4.69) is 40.6 Å². The average molecular weight is 299 g/mol. The molecule has 1 unspecified atom stereocenters. The largest absolute Gasteiger partial charge is 0.467 e. The number of rotatable bonds is 2. The molecule has 2 heterocycles. The Morgan fingerprint density at radius 1 is 1.15 bits per heavy atom. The second-order valence-electron chi connectivity index (χ2n) is 6.37. The lowest BCUT2D eigenvalue weighted by molar-refractivity contribution is 0.220. The molecule has 20 heavy (non-hydrogen) atoms. The summed E-state index contributed by atoms with van der Waals surface area (Å²) in [6.45, 7) is 8.85. The Balaban J connectivity index is 2.12. The summed E-state index contributed by atoms with van der Waals surface area (Å²) in [7, 11) is 1.54. The molecule has 5 nitrogen and oxygen atoms in total. The molecular weight excluding hydrogens is 276 g/mol. The zero-order chi connectivity index (χ0) is 14.8. The third-order valence-electron chi connectivity index (χ3n) is 3.99. The van der Waals surface area contributed by atoms with E-state index in [0.29, 0.717) is 11.4 Å². The zero-order valence-electron chi connectivity index (χ0n) is 12.7. The summed E-state index contributed by atoms with van der Waals surface area (Å²) in [6, 6.07) is 0.275. The molecule has 1 aliphatic heterocycles. The van der Waals surface area contributed by atoms with E-state index in [1.54, 1.807) is 0 Å². The van der Waals surface area contributed by atoms with Crippen LogP contribution in [0.25, 0.3) is 0 Å². The van der Waals surface area contributed by atoms with Crippen LogP contribution >= 0.6 is 11.6 Å². The highest BCUT2D eigenvalue weighted by Gasteiger charge is 2.28. The number of halogens is 1. The molecule has 1 aliphatic rings. The van der Waals surface area contributed by atoms with Crippen molar-refractivity contribution in [2.45, 2.75) is 40.0 Å². The Kier molecular flexibility index (Phi) is 4.68. The van der Waals surface area contributed by atoms with Crippen molar-refractivity contribution in [3.05, 3.63) is 5.28 Å². The summed E-state index contributed by atoms with van der Waals surface area (Å²) in [6.07, 6.45) is 3.54. The lowest BCUT2D eigenvalue weighted by atomic mass is 9.77. The molecule has 1 aromatic heterocycles. The summed E-state index contributed by atoms with van der Waals surface area (Å²) in [5, 5.41) is 0.184. The van der Waals surface area contributed by atoms with Crippen LogP contribution in [0.4, 0.5) is 5.95 Å². The highest BCUT2D eigenvalue weighted by molar-refractivity contribution is 6.28. The first-order valence-electron chi connectivity index (χ1n) is 7.10. The van der Waals surface area contributed by atoms with E-state index >= 15 is 0 Å². The van der Waals surface area contributed by atoms with Crippen LogP contribution < -0.4 is 9.64 Å². The molecule has 0 radical (unpaired) electrons. The van der Waals surface area contributed by atoms with E-state index in [9.17, 15) is 0 Å². The number of methoxy groups -OCH3 is 1. The van der Waals surface area contributed by atoms with Gasteiger partial charge in [0.1, 0.15) is 0 Å². The highest BCUT2D eigenvalue weighted by Crippen LogP contribution is 2.34. The standard InChI is InChI=1S/C14H23ClN4O/c1-14(2,3)10-6-5-8-19(9-7-10)12-16-11(15)17-13(18-12)20-4/h10H,5-9H2,1-4H3. The molecule has 2 rings (SSSR count). The van der Waals surface area contributed by atoms with Crippen molar-refractivity contribution in [1.82, 2.24) is 15.0 Å². The molecule has 0 aromatic carbocycles. The van der Waals surface area contributed by atoms with Gasteiger partial charge in [0, 0.05) is 13.1 Å². The van der Waals surface area contributed by atoms with Gasteiger partial charge in [-0.1, -0.05) is 20.8 Å². The first-order valence-corrected chi connectivity index (χ1v) is 7.48. The quantitative estimate of drug-likeness (QED) is 0.839. The smallest absolute Gasteiger partial charge is 0.322 e. The molecule has 1 aromatic rings. The van der Waals surface area contributed by atoms with Crippen molar-refractivity contribution >= 4 is 17.5 Å². The van der Waals surface area contributed by atoms with Gasteiger partial charge in [-0.25, -0.2) is 0 Å². The number of hydrogen-bond donors (Lipinski definition) is 0. The summed E-state index contributed by atoms with van der Waals surface area (Å²) in [5.74, 6) is 1.35. The van der Waals surface area contributed by atoms with Gasteiger partial charge < -0.3 is 9.64 Å². The molecule has 0 aliphatic carbocycles. The molecule has 0 bridgehead atoms. The third kappa shape index (κ3) is 3.72. The van der Waals surface area contributed by atoms with E-state index in [1.165, 1.54) is 13.5 Å². The van der Waals surface area contributed by atoms with E-state index in [4.69, 9.17) is 16.3 Å². The predicted molar refractivity (Wildman–Crippen MR) is 80.4 cm³/mol. The maximum atomic E-state index is 5.92. The van der Waals surface area contributed by atoms with Gasteiger partial charge in [-0.15, -0.1) is 0 Å². The Hall–Kier alpha value is -1.10. The van der Waals surface area contributed by atoms with Crippen LogP contribution in [-0.4, -0.2) is 35.2 Å². The van der Waals surface area contributed by atoms with Crippen LogP contribution in [0.15, 0.2) is 0 Å². The van der Waals surface area contributed by atoms with Crippen molar-refractivity contribution in [1.29, 1.82) is 0 Å². The molecule has 0 spiro atoms. The van der Waals surface area contributed by atoms with Gasteiger partial charge in [0.25, 0.3) is 0 Å². The molecule has 112 valence electrons. The fraction of sp³-hybridized carbons (Fsp3) is 0.786. The number of anilines is 1. The van der Waals surface area contributed by atoms with Gasteiger partial charge >= 0.3 is 6.01 Å². The topological polar surface area (TPSA) is 51.1 Å². The molecule has 0 amide bonds. The van der Waals surface area contributed by atoms with Gasteiger partial charge in [0.05, 0.1) is 7.11 Å². The Morgan fingerprint density at radius 2 is 1.90 bits per heavy atom. The van der Waals surface area contributed by atoms with Crippen LogP contribution in [0.3, 0.4) is 0 Å². The van der Waals surface area contributed by atoms with E-state index in [1.807, 2.05) is 0 Å². The van der Waals surface area contributed by atoms with Crippen LogP contribution in [0, 0.1) is 11.3 Å². The van der Waals surface area contributed by atoms with E-state index in [-0.39, 0.29) is 11.3 Å². The normalized spacial score (nSPS) is 20.6. The van der Waals surface area contributed by atoms with Crippen molar-refractivity contribution in [3.8, 4) is 6.01 Å². The van der Waals surface area contributed by atoms with Crippen LogP contribution in [0.1, 0.15) is 40.0 Å². The van der Waals surface area contributed by atoms with Crippen LogP contribution in [0.5, 0.6) is 6.01 Å². The monoisotopic (exact) mass is 298 g/mol. The lowest BCUT2D eigenvalue weighted by Gasteiger charge is -2.29. The molecule has 1 saturated heterocycles. The first kappa shape index (κ1) is 15.3. The summed E-state index contributed by atoms with van der Waals surface area (Å²) in [5.41, 5.74) is 0.352. The van der Waals surface area contributed by atoms with Crippen molar-refractivity contribution in [2.75, 3.05) is 25.1 Å². The van der Waals surface area contributed by atoms with Crippen molar-refractivity contribution in [3.63, 3.8) is 0 Å². The minimum absolute atomic E-state index is 0.184. The van der Waals surface area contributed by atoms with Gasteiger partial charge in [0.15, 0.2) is 0 Å². The van der Waals surface area contributed by atoms with Crippen molar-refractivity contribution in [2.24, 2.45) is 11.3 Å². The van der Waals surface area contributed by atoms with Gasteiger partial charge in [-0.2, -0.15) is 15.0 Å². The average Bonchev–Trinajstić information content (AvgIpc) is 2.63. The lowest BCUT2D eigenvalue weighted by Crippen LogP contribution is -2.28. The predicted octanol–water partition coefficient (Wildman–Crippen LogP) is 3.19. The molecule has 1 atom stereocenters. The number of hydrogen-bond acceptors (Lipinski definition) is 5. The summed E-state index contributed by atoms with van der Waals surface area (Å²) in [4.78, 5) is 14.6. The van der Waals surface area contributed by atoms with Crippen LogP contribution in [0.2, 0.25) is 5.28 Å². The molecule has 6 heteroatoms. The molecular formula is C14H23ClN4O. The second kappa shape index (κ2) is 6.12. The fourth-order valence-corrected chi connectivity index (χ4v) is 2.86. The van der Waals surface area contributed by atoms with Gasteiger partial charge in [-0.3, -0.25) is 0 Å². The van der Waals surface area contributed by atoms with Gasteiger partial charge in [-0.05, 0) is 42.2 Å². The van der Waals surface area contributed by atoms with Crippen LogP contribution in [-0.2, 0) is 0 Å². The summed E-state index contributed by atoms with van der Waals surface area (Å²) < 4.78 is 5.06. The first-order chi connectivity index (χ1) is 9.40.